The molecule has 0 radical (unpaired) electrons. The van der Waals surface area contributed by atoms with Crippen LogP contribution in [0.25, 0.3) is 0 Å². The lowest BCUT2D eigenvalue weighted by atomic mass is 9.85. The molecule has 2 aromatic rings. The highest BCUT2D eigenvalue weighted by molar-refractivity contribution is 6.34. The molecule has 0 fully saturated rings. The number of aryl methyl sites for hydroxylation is 1. The van der Waals surface area contributed by atoms with Crippen LogP contribution in [0, 0.1) is 6.92 Å². The summed E-state index contributed by atoms with van der Waals surface area (Å²) in [5.74, 6) is -2.42. The number of oxime groups is 1. The van der Waals surface area contributed by atoms with E-state index in [0.717, 1.165) is 0 Å². The van der Waals surface area contributed by atoms with Crippen LogP contribution < -0.4 is 0 Å². The lowest BCUT2D eigenvalue weighted by Gasteiger charge is -2.22. The number of rotatable bonds is 3. The maximum absolute atomic E-state index is 13.5. The number of carboxylic acids is 1. The van der Waals surface area contributed by atoms with Crippen molar-refractivity contribution < 1.29 is 27.9 Å². The Morgan fingerprint density at radius 2 is 1.78 bits per heavy atom. The van der Waals surface area contributed by atoms with E-state index in [4.69, 9.17) is 33.1 Å². The molecule has 0 aliphatic carbocycles. The SMILES string of the molecule is Cc1cc(C2=NOC(C(F)(F)F)C2c2cc(Cl)cc(Cl)c2)ccc1C(=O)O. The molecule has 0 spiro atoms. The minimum Gasteiger partial charge on any atom is -0.478 e. The Hall–Kier alpha value is -2.25. The molecule has 27 heavy (non-hydrogen) atoms. The van der Waals surface area contributed by atoms with Crippen LogP contribution in [0.5, 0.6) is 0 Å². The first-order valence-electron chi connectivity index (χ1n) is 7.68. The number of benzene rings is 2. The van der Waals surface area contributed by atoms with Gasteiger partial charge < -0.3 is 9.94 Å². The molecular formula is C18H12Cl2F3NO3. The Labute approximate surface area is 162 Å². The third-order valence-corrected chi connectivity index (χ3v) is 4.62. The number of carboxylic acid groups (broad SMARTS) is 1. The van der Waals surface area contributed by atoms with Crippen LogP contribution in [0.4, 0.5) is 13.2 Å². The van der Waals surface area contributed by atoms with E-state index in [-0.39, 0.29) is 26.9 Å². The van der Waals surface area contributed by atoms with E-state index in [1.54, 1.807) is 6.92 Å². The van der Waals surface area contributed by atoms with Crippen LogP contribution in [0.15, 0.2) is 41.6 Å². The van der Waals surface area contributed by atoms with E-state index in [9.17, 15) is 18.0 Å². The Balaban J connectivity index is 2.11. The molecule has 9 heteroatoms. The first kappa shape index (κ1) is 19.5. The normalized spacial score (nSPS) is 19.6. The van der Waals surface area contributed by atoms with Gasteiger partial charge in [0, 0.05) is 15.6 Å². The minimum absolute atomic E-state index is 0.0238. The molecule has 2 atom stereocenters. The number of hydrogen-bond donors (Lipinski definition) is 1. The third kappa shape index (κ3) is 3.89. The van der Waals surface area contributed by atoms with Gasteiger partial charge in [-0.05, 0) is 48.4 Å². The summed E-state index contributed by atoms with van der Waals surface area (Å²) in [6.07, 6.45) is -6.89. The fraction of sp³-hybridized carbons (Fsp3) is 0.222. The average molecular weight is 418 g/mol. The molecule has 0 bridgehead atoms. The molecule has 0 saturated heterocycles. The maximum atomic E-state index is 13.5. The van der Waals surface area contributed by atoms with Crippen molar-refractivity contribution in [2.45, 2.75) is 25.1 Å². The zero-order chi connectivity index (χ0) is 19.9. The molecule has 142 valence electrons. The molecule has 0 saturated carbocycles. The quantitative estimate of drug-likeness (QED) is 0.722. The van der Waals surface area contributed by atoms with Crippen molar-refractivity contribution in [3.8, 4) is 0 Å². The molecule has 1 aliphatic rings. The lowest BCUT2D eigenvalue weighted by Crippen LogP contribution is -2.35. The predicted octanol–water partition coefficient (Wildman–Crippen LogP) is 5.45. The van der Waals surface area contributed by atoms with Crippen molar-refractivity contribution >= 4 is 34.9 Å². The van der Waals surface area contributed by atoms with E-state index in [2.05, 4.69) is 5.16 Å². The van der Waals surface area contributed by atoms with Crippen molar-refractivity contribution in [1.82, 2.24) is 0 Å². The summed E-state index contributed by atoms with van der Waals surface area (Å²) in [5, 5.41) is 13.1. The summed E-state index contributed by atoms with van der Waals surface area (Å²) in [6.45, 7) is 1.55. The molecule has 4 nitrogen and oxygen atoms in total. The predicted molar refractivity (Wildman–Crippen MR) is 94.8 cm³/mol. The molecule has 2 unspecified atom stereocenters. The fourth-order valence-electron chi connectivity index (χ4n) is 3.01. The van der Waals surface area contributed by atoms with Gasteiger partial charge in [-0.15, -0.1) is 0 Å². The zero-order valence-corrected chi connectivity index (χ0v) is 15.2. The summed E-state index contributed by atoms with van der Waals surface area (Å²) in [6, 6.07) is 8.34. The van der Waals surface area contributed by atoms with Gasteiger partial charge in [-0.1, -0.05) is 34.4 Å². The maximum Gasteiger partial charge on any atom is 0.429 e. The van der Waals surface area contributed by atoms with E-state index in [1.807, 2.05) is 0 Å². The highest BCUT2D eigenvalue weighted by Gasteiger charge is 2.53. The van der Waals surface area contributed by atoms with Crippen molar-refractivity contribution in [1.29, 1.82) is 0 Å². The molecule has 0 amide bonds. The van der Waals surface area contributed by atoms with Gasteiger partial charge in [-0.3, -0.25) is 0 Å². The number of halogens is 5. The van der Waals surface area contributed by atoms with Gasteiger partial charge >= 0.3 is 12.1 Å². The molecule has 2 aromatic carbocycles. The number of nitrogens with zero attached hydrogens (tertiary/aromatic N) is 1. The Morgan fingerprint density at radius 1 is 1.15 bits per heavy atom. The van der Waals surface area contributed by atoms with E-state index < -0.39 is 24.2 Å². The second-order valence-electron chi connectivity index (χ2n) is 6.06. The molecule has 0 aromatic heterocycles. The molecular weight excluding hydrogens is 406 g/mol. The van der Waals surface area contributed by atoms with Gasteiger partial charge in [0.05, 0.1) is 17.2 Å². The summed E-state index contributed by atoms with van der Waals surface area (Å²) in [7, 11) is 0. The first-order valence-corrected chi connectivity index (χ1v) is 8.44. The summed E-state index contributed by atoms with van der Waals surface area (Å²) in [4.78, 5) is 15.9. The lowest BCUT2D eigenvalue weighted by molar-refractivity contribution is -0.216. The summed E-state index contributed by atoms with van der Waals surface area (Å²) in [5.41, 5.74) is 0.987. The van der Waals surface area contributed by atoms with Crippen LogP contribution in [0.3, 0.4) is 0 Å². The molecule has 1 heterocycles. The van der Waals surface area contributed by atoms with Gasteiger partial charge in [0.25, 0.3) is 0 Å². The molecule has 3 rings (SSSR count). The van der Waals surface area contributed by atoms with Crippen LogP contribution in [0.2, 0.25) is 10.0 Å². The first-order chi connectivity index (χ1) is 12.6. The summed E-state index contributed by atoms with van der Waals surface area (Å²) < 4.78 is 40.5. The standard InChI is InChI=1S/C18H12Cl2F3NO3/c1-8-4-9(2-3-13(8)17(25)26)15-14(16(27-24-15)18(21,22)23)10-5-11(19)7-12(20)6-10/h2-7,14,16H,1H3,(H,25,26). The van der Waals surface area contributed by atoms with Crippen molar-refractivity contribution in [2.24, 2.45) is 5.16 Å². The van der Waals surface area contributed by atoms with Crippen LogP contribution in [-0.2, 0) is 4.84 Å². The van der Waals surface area contributed by atoms with Crippen molar-refractivity contribution in [3.63, 3.8) is 0 Å². The Kier molecular flexibility index (Phi) is 5.10. The third-order valence-electron chi connectivity index (χ3n) is 4.18. The van der Waals surface area contributed by atoms with Gasteiger partial charge in [0.15, 0.2) is 0 Å². The van der Waals surface area contributed by atoms with Crippen LogP contribution >= 0.6 is 23.2 Å². The smallest absolute Gasteiger partial charge is 0.429 e. The van der Waals surface area contributed by atoms with E-state index >= 15 is 0 Å². The van der Waals surface area contributed by atoms with Gasteiger partial charge in [0.2, 0.25) is 6.10 Å². The van der Waals surface area contributed by atoms with Crippen molar-refractivity contribution in [3.05, 3.63) is 68.7 Å². The highest BCUT2D eigenvalue weighted by Crippen LogP contribution is 2.42. The number of alkyl halides is 3. The highest BCUT2D eigenvalue weighted by atomic mass is 35.5. The summed E-state index contributed by atoms with van der Waals surface area (Å²) >= 11 is 11.9. The monoisotopic (exact) mass is 417 g/mol. The topological polar surface area (TPSA) is 58.9 Å². The van der Waals surface area contributed by atoms with Crippen molar-refractivity contribution in [2.75, 3.05) is 0 Å². The van der Waals surface area contributed by atoms with E-state index in [1.165, 1.54) is 36.4 Å². The zero-order valence-electron chi connectivity index (χ0n) is 13.7. The Morgan fingerprint density at radius 3 is 2.30 bits per heavy atom. The van der Waals surface area contributed by atoms with Gasteiger partial charge in [-0.25, -0.2) is 4.79 Å². The fourth-order valence-corrected chi connectivity index (χ4v) is 3.55. The number of carbonyl (C=O) groups is 1. The van der Waals surface area contributed by atoms with E-state index in [0.29, 0.717) is 11.1 Å². The second kappa shape index (κ2) is 7.05. The average Bonchev–Trinajstić information content (AvgIpc) is 2.98. The Bertz CT molecular complexity index is 924. The number of hydrogen-bond acceptors (Lipinski definition) is 3. The van der Waals surface area contributed by atoms with Gasteiger partial charge in [0.1, 0.15) is 0 Å². The largest absolute Gasteiger partial charge is 0.478 e. The molecule has 1 aliphatic heterocycles. The van der Waals surface area contributed by atoms with Crippen LogP contribution in [0.1, 0.15) is 33.0 Å². The second-order valence-corrected chi connectivity index (χ2v) is 6.93. The molecule has 1 N–H and O–H groups in total. The van der Waals surface area contributed by atoms with Gasteiger partial charge in [-0.2, -0.15) is 13.2 Å². The number of aromatic carboxylic acids is 1. The van der Waals surface area contributed by atoms with Crippen LogP contribution in [-0.4, -0.2) is 29.1 Å². The minimum atomic E-state index is -4.68.